The van der Waals surface area contributed by atoms with E-state index < -0.39 is 11.9 Å². The first-order valence-electron chi connectivity index (χ1n) is 9.44. The van der Waals surface area contributed by atoms with Crippen LogP contribution in [0.5, 0.6) is 0 Å². The molecular formula is C19H25ClN4O4S. The highest BCUT2D eigenvalue weighted by Gasteiger charge is 2.14. The Morgan fingerprint density at radius 1 is 1.31 bits per heavy atom. The maximum absolute atomic E-state index is 12.8. The van der Waals surface area contributed by atoms with Gasteiger partial charge in [0.2, 0.25) is 5.91 Å². The maximum atomic E-state index is 12.8. The molecule has 3 amide bonds. The molecule has 2 aromatic rings. The van der Waals surface area contributed by atoms with Gasteiger partial charge in [0.15, 0.2) is 5.16 Å². The molecule has 0 saturated heterocycles. The Labute approximate surface area is 178 Å². The van der Waals surface area contributed by atoms with E-state index in [1.807, 2.05) is 13.8 Å². The van der Waals surface area contributed by atoms with Crippen LogP contribution < -0.4 is 16.2 Å². The van der Waals surface area contributed by atoms with Crippen molar-refractivity contribution in [2.45, 2.75) is 38.4 Å². The molecular weight excluding hydrogens is 416 g/mol. The van der Waals surface area contributed by atoms with Crippen LogP contribution >= 0.6 is 23.4 Å². The van der Waals surface area contributed by atoms with Gasteiger partial charge in [-0.2, -0.15) is 0 Å². The van der Waals surface area contributed by atoms with Gasteiger partial charge in [-0.05, 0) is 38.0 Å². The van der Waals surface area contributed by atoms with Gasteiger partial charge in [0.05, 0.1) is 16.7 Å². The van der Waals surface area contributed by atoms with Gasteiger partial charge in [0.1, 0.15) is 0 Å². The molecule has 8 nitrogen and oxygen atoms in total. The van der Waals surface area contributed by atoms with Crippen molar-refractivity contribution in [3.63, 3.8) is 0 Å². The van der Waals surface area contributed by atoms with E-state index in [-0.39, 0.29) is 11.3 Å². The fourth-order valence-electron chi connectivity index (χ4n) is 2.56. The summed E-state index contributed by atoms with van der Waals surface area (Å²) in [6.07, 6.45) is 1.40. The Hall–Kier alpha value is -2.10. The number of hydrogen-bond donors (Lipinski definition) is 2. The third kappa shape index (κ3) is 7.02. The van der Waals surface area contributed by atoms with Crippen molar-refractivity contribution < 1.29 is 14.3 Å². The Morgan fingerprint density at radius 2 is 2.10 bits per heavy atom. The van der Waals surface area contributed by atoms with E-state index in [4.69, 9.17) is 16.3 Å². The van der Waals surface area contributed by atoms with Crippen molar-refractivity contribution in [3.8, 4) is 0 Å². The molecule has 1 heterocycles. The van der Waals surface area contributed by atoms with E-state index in [1.165, 1.54) is 0 Å². The molecule has 0 bridgehead atoms. The number of amides is 3. The fraction of sp³-hybridized carbons (Fsp3) is 0.474. The number of nitrogens with one attached hydrogen (secondary N) is 2. The van der Waals surface area contributed by atoms with Crippen LogP contribution in [0.15, 0.2) is 28.2 Å². The lowest BCUT2D eigenvalue weighted by Gasteiger charge is -2.12. The van der Waals surface area contributed by atoms with Crippen molar-refractivity contribution in [2.24, 2.45) is 0 Å². The zero-order chi connectivity index (χ0) is 21.2. The van der Waals surface area contributed by atoms with Gasteiger partial charge >= 0.3 is 6.03 Å². The summed E-state index contributed by atoms with van der Waals surface area (Å²) < 4.78 is 6.72. The highest BCUT2D eigenvalue weighted by molar-refractivity contribution is 7.99. The number of rotatable bonds is 10. The van der Waals surface area contributed by atoms with Gasteiger partial charge in [-0.25, -0.2) is 9.78 Å². The van der Waals surface area contributed by atoms with E-state index in [9.17, 15) is 14.4 Å². The minimum atomic E-state index is -0.559. The predicted molar refractivity (Wildman–Crippen MR) is 115 cm³/mol. The number of thioether (sulfide) groups is 1. The van der Waals surface area contributed by atoms with Gasteiger partial charge in [-0.15, -0.1) is 0 Å². The lowest BCUT2D eigenvalue weighted by atomic mass is 10.2. The number of carbonyl (C=O) groups excluding carboxylic acids is 2. The average Bonchev–Trinajstić information content (AvgIpc) is 2.68. The molecule has 2 N–H and O–H groups in total. The zero-order valence-corrected chi connectivity index (χ0v) is 18.1. The van der Waals surface area contributed by atoms with E-state index in [1.54, 1.807) is 22.8 Å². The summed E-state index contributed by atoms with van der Waals surface area (Å²) >= 11 is 7.11. The number of aromatic nitrogens is 2. The molecule has 0 radical (unpaired) electrons. The summed E-state index contributed by atoms with van der Waals surface area (Å²) in [7, 11) is 0. The summed E-state index contributed by atoms with van der Waals surface area (Å²) in [5.41, 5.74) is 0.299. The number of fused-ring (bicyclic) bond motifs is 1. The molecule has 0 fully saturated rings. The number of carbonyl (C=O) groups is 2. The average molecular weight is 441 g/mol. The Balaban J connectivity index is 2.00. The number of halogens is 1. The first-order chi connectivity index (χ1) is 14.0. The molecule has 0 atom stereocenters. The minimum Gasteiger partial charge on any atom is -0.382 e. The van der Waals surface area contributed by atoms with Crippen LogP contribution in [0.2, 0.25) is 5.02 Å². The van der Waals surface area contributed by atoms with Crippen LogP contribution in [-0.4, -0.2) is 47.0 Å². The van der Waals surface area contributed by atoms with Crippen LogP contribution in [0.3, 0.4) is 0 Å². The molecule has 0 unspecified atom stereocenters. The molecule has 10 heteroatoms. The van der Waals surface area contributed by atoms with Crippen molar-refractivity contribution in [1.82, 2.24) is 20.2 Å². The van der Waals surface area contributed by atoms with Gasteiger partial charge in [-0.1, -0.05) is 30.3 Å². The largest absolute Gasteiger partial charge is 0.382 e. The Bertz CT molecular complexity index is 919. The topological polar surface area (TPSA) is 102 Å². The monoisotopic (exact) mass is 440 g/mol. The molecule has 0 aliphatic heterocycles. The Kier molecular flexibility index (Phi) is 9.43. The second-order valence-corrected chi connectivity index (χ2v) is 7.53. The van der Waals surface area contributed by atoms with Crippen molar-refractivity contribution in [3.05, 3.63) is 33.6 Å². The number of benzene rings is 1. The first kappa shape index (κ1) is 23.2. The predicted octanol–water partition coefficient (Wildman–Crippen LogP) is 2.80. The quantitative estimate of drug-likeness (QED) is 0.334. The molecule has 2 rings (SSSR count). The van der Waals surface area contributed by atoms with E-state index in [0.717, 1.165) is 18.2 Å². The zero-order valence-electron chi connectivity index (χ0n) is 16.5. The third-order valence-electron chi connectivity index (χ3n) is 3.87. The molecule has 29 heavy (non-hydrogen) atoms. The van der Waals surface area contributed by atoms with E-state index >= 15 is 0 Å². The molecule has 1 aromatic heterocycles. The minimum absolute atomic E-state index is 0.0470. The van der Waals surface area contributed by atoms with Gasteiger partial charge < -0.3 is 10.1 Å². The molecule has 0 aliphatic rings. The number of nitrogens with zero attached hydrogens (tertiary/aromatic N) is 2. The fourth-order valence-corrected chi connectivity index (χ4v) is 3.55. The van der Waals surface area contributed by atoms with Crippen LogP contribution in [-0.2, 0) is 16.1 Å². The second-order valence-electron chi connectivity index (χ2n) is 6.16. The lowest BCUT2D eigenvalue weighted by molar-refractivity contribution is -0.117. The van der Waals surface area contributed by atoms with Crippen LogP contribution in [0.25, 0.3) is 10.9 Å². The molecule has 158 valence electrons. The van der Waals surface area contributed by atoms with E-state index in [0.29, 0.717) is 53.8 Å². The van der Waals surface area contributed by atoms with Crippen molar-refractivity contribution in [1.29, 1.82) is 0 Å². The van der Waals surface area contributed by atoms with Gasteiger partial charge in [0, 0.05) is 31.3 Å². The standard InChI is InChI=1S/C19H25ClN4O4S/c1-3-9-24-17(26)14-7-6-13(20)11-15(14)22-19(24)29-12-16(25)23-18(27)21-8-5-10-28-4-2/h6-7,11H,3-5,8-10,12H2,1-2H3,(H2,21,23,25,27). The third-order valence-corrected chi connectivity index (χ3v) is 5.08. The van der Waals surface area contributed by atoms with Gasteiger partial charge in [0.25, 0.3) is 5.56 Å². The number of hydrogen-bond acceptors (Lipinski definition) is 6. The normalized spacial score (nSPS) is 10.9. The molecule has 0 aliphatic carbocycles. The summed E-state index contributed by atoms with van der Waals surface area (Å²) in [6, 6.07) is 4.36. The number of urea groups is 1. The highest BCUT2D eigenvalue weighted by atomic mass is 35.5. The van der Waals surface area contributed by atoms with Crippen molar-refractivity contribution in [2.75, 3.05) is 25.5 Å². The van der Waals surface area contributed by atoms with Gasteiger partial charge in [-0.3, -0.25) is 19.5 Å². The van der Waals surface area contributed by atoms with E-state index in [2.05, 4.69) is 15.6 Å². The van der Waals surface area contributed by atoms with Crippen LogP contribution in [0.1, 0.15) is 26.7 Å². The smallest absolute Gasteiger partial charge is 0.321 e. The summed E-state index contributed by atoms with van der Waals surface area (Å²) in [5.74, 6) is -0.519. The Morgan fingerprint density at radius 3 is 2.83 bits per heavy atom. The summed E-state index contributed by atoms with van der Waals surface area (Å²) in [4.78, 5) is 41.1. The summed E-state index contributed by atoms with van der Waals surface area (Å²) in [5, 5.41) is 6.23. The number of imide groups is 1. The van der Waals surface area contributed by atoms with Crippen molar-refractivity contribution >= 4 is 46.2 Å². The lowest BCUT2D eigenvalue weighted by Crippen LogP contribution is -2.41. The number of ether oxygens (including phenoxy) is 1. The SMILES string of the molecule is CCCn1c(SCC(=O)NC(=O)NCCCOCC)nc2cc(Cl)ccc2c1=O. The van der Waals surface area contributed by atoms with Crippen LogP contribution in [0.4, 0.5) is 4.79 Å². The van der Waals surface area contributed by atoms with Crippen LogP contribution in [0, 0.1) is 0 Å². The summed E-state index contributed by atoms with van der Waals surface area (Å²) in [6.45, 7) is 5.92. The highest BCUT2D eigenvalue weighted by Crippen LogP contribution is 2.20. The first-order valence-corrected chi connectivity index (χ1v) is 10.8. The maximum Gasteiger partial charge on any atom is 0.321 e. The second kappa shape index (κ2) is 11.8. The molecule has 1 aromatic carbocycles. The molecule has 0 saturated carbocycles. The molecule has 0 spiro atoms.